The van der Waals surface area contributed by atoms with Gasteiger partial charge in [0.2, 0.25) is 0 Å². The lowest BCUT2D eigenvalue weighted by Gasteiger charge is -2.04. The molecular formula is C13H11Cl2N3. The highest BCUT2D eigenvalue weighted by Gasteiger charge is 1.99. The summed E-state index contributed by atoms with van der Waals surface area (Å²) in [4.78, 5) is 4.04. The van der Waals surface area contributed by atoms with Gasteiger partial charge in [-0.1, -0.05) is 29.3 Å². The summed E-state index contributed by atoms with van der Waals surface area (Å²) < 4.78 is 0. The Labute approximate surface area is 115 Å². The zero-order chi connectivity index (χ0) is 13.0. The normalized spacial score (nSPS) is 11.4. The summed E-state index contributed by atoms with van der Waals surface area (Å²) in [6.07, 6.45) is 3.48. The molecule has 0 atom stereocenters. The average molecular weight is 280 g/mol. The van der Waals surface area contributed by atoms with E-state index in [0.29, 0.717) is 10.0 Å². The maximum atomic E-state index is 5.92. The van der Waals surface area contributed by atoms with Gasteiger partial charge < -0.3 is 0 Å². The summed E-state index contributed by atoms with van der Waals surface area (Å²) in [7, 11) is 0. The zero-order valence-corrected chi connectivity index (χ0v) is 11.2. The van der Waals surface area contributed by atoms with Crippen molar-refractivity contribution in [2.24, 2.45) is 5.10 Å². The SMILES string of the molecule is CC(=NNc1ccc(Cl)c(Cl)c1)c1cccnc1. The Balaban J connectivity index is 2.13. The predicted octanol–water partition coefficient (Wildman–Crippen LogP) is 4.22. The van der Waals surface area contributed by atoms with Crippen molar-refractivity contribution >= 4 is 34.6 Å². The third kappa shape index (κ3) is 3.22. The second-order valence-electron chi connectivity index (χ2n) is 3.68. The number of aromatic nitrogens is 1. The molecule has 2 rings (SSSR count). The fourth-order valence-corrected chi connectivity index (χ4v) is 1.65. The van der Waals surface area contributed by atoms with Gasteiger partial charge in [0.15, 0.2) is 0 Å². The number of anilines is 1. The van der Waals surface area contributed by atoms with E-state index < -0.39 is 0 Å². The second-order valence-corrected chi connectivity index (χ2v) is 4.49. The van der Waals surface area contributed by atoms with Crippen molar-refractivity contribution in [2.75, 3.05) is 5.43 Å². The Hall–Kier alpha value is -1.58. The highest BCUT2D eigenvalue weighted by molar-refractivity contribution is 6.42. The van der Waals surface area contributed by atoms with Crippen molar-refractivity contribution < 1.29 is 0 Å². The lowest BCUT2D eigenvalue weighted by Crippen LogP contribution is -1.99. The zero-order valence-electron chi connectivity index (χ0n) is 9.69. The lowest BCUT2D eigenvalue weighted by molar-refractivity contribution is 1.28. The molecule has 1 aromatic heterocycles. The van der Waals surface area contributed by atoms with E-state index in [1.165, 1.54) is 0 Å². The van der Waals surface area contributed by atoms with Crippen molar-refractivity contribution in [3.8, 4) is 0 Å². The Morgan fingerprint density at radius 3 is 2.72 bits per heavy atom. The van der Waals surface area contributed by atoms with Crippen molar-refractivity contribution in [3.63, 3.8) is 0 Å². The maximum absolute atomic E-state index is 5.92. The summed E-state index contributed by atoms with van der Waals surface area (Å²) in [5, 5.41) is 5.28. The molecule has 0 saturated carbocycles. The second kappa shape index (κ2) is 5.85. The van der Waals surface area contributed by atoms with Crippen LogP contribution in [0.3, 0.4) is 0 Å². The first-order valence-electron chi connectivity index (χ1n) is 5.32. The number of halogens is 2. The molecule has 0 unspecified atom stereocenters. The van der Waals surface area contributed by atoms with Crippen LogP contribution in [-0.2, 0) is 0 Å². The molecule has 0 fully saturated rings. The van der Waals surface area contributed by atoms with Gasteiger partial charge in [-0.15, -0.1) is 0 Å². The molecule has 3 nitrogen and oxygen atoms in total. The van der Waals surface area contributed by atoms with Gasteiger partial charge in [0.1, 0.15) is 0 Å². The maximum Gasteiger partial charge on any atom is 0.0663 e. The summed E-state index contributed by atoms with van der Waals surface area (Å²) in [6, 6.07) is 9.08. The molecule has 5 heteroatoms. The Bertz CT molecular complexity index is 568. The van der Waals surface area contributed by atoms with Crippen molar-refractivity contribution in [1.82, 2.24) is 4.98 Å². The number of nitrogens with one attached hydrogen (secondary N) is 1. The van der Waals surface area contributed by atoms with E-state index in [4.69, 9.17) is 23.2 Å². The average Bonchev–Trinajstić information content (AvgIpc) is 2.41. The molecule has 18 heavy (non-hydrogen) atoms. The van der Waals surface area contributed by atoms with Crippen LogP contribution in [0.1, 0.15) is 12.5 Å². The third-order valence-corrected chi connectivity index (χ3v) is 3.09. The molecule has 1 N–H and O–H groups in total. The van der Waals surface area contributed by atoms with Crippen LogP contribution in [0, 0.1) is 0 Å². The molecule has 1 heterocycles. The fraction of sp³-hybridized carbons (Fsp3) is 0.0769. The number of hydrazone groups is 1. The molecule has 0 aliphatic rings. The molecule has 0 aliphatic carbocycles. The van der Waals surface area contributed by atoms with Crippen molar-refractivity contribution in [1.29, 1.82) is 0 Å². The first-order valence-corrected chi connectivity index (χ1v) is 6.08. The smallest absolute Gasteiger partial charge is 0.0663 e. The minimum Gasteiger partial charge on any atom is -0.278 e. The number of benzene rings is 1. The number of nitrogens with zero attached hydrogens (tertiary/aromatic N) is 2. The monoisotopic (exact) mass is 279 g/mol. The highest BCUT2D eigenvalue weighted by Crippen LogP contribution is 2.24. The largest absolute Gasteiger partial charge is 0.278 e. The van der Waals surface area contributed by atoms with E-state index in [9.17, 15) is 0 Å². The first-order chi connectivity index (χ1) is 8.66. The Morgan fingerprint density at radius 1 is 1.22 bits per heavy atom. The first kappa shape index (κ1) is 12.9. The minimum atomic E-state index is 0.496. The van der Waals surface area contributed by atoms with Gasteiger partial charge in [-0.3, -0.25) is 10.4 Å². The number of pyridine rings is 1. The van der Waals surface area contributed by atoms with Gasteiger partial charge in [0, 0.05) is 18.0 Å². The van der Waals surface area contributed by atoms with Crippen LogP contribution in [0.15, 0.2) is 47.8 Å². The summed E-state index contributed by atoms with van der Waals surface area (Å²) in [5.74, 6) is 0. The molecule has 1 aromatic carbocycles. The topological polar surface area (TPSA) is 37.3 Å². The van der Waals surface area contributed by atoms with E-state index in [0.717, 1.165) is 17.0 Å². The lowest BCUT2D eigenvalue weighted by atomic mass is 10.2. The van der Waals surface area contributed by atoms with Crippen molar-refractivity contribution in [2.45, 2.75) is 6.92 Å². The van der Waals surface area contributed by atoms with E-state index in [-0.39, 0.29) is 0 Å². The van der Waals surface area contributed by atoms with Crippen LogP contribution in [0.25, 0.3) is 0 Å². The molecule has 0 amide bonds. The van der Waals surface area contributed by atoms with Crippen LogP contribution in [-0.4, -0.2) is 10.7 Å². The van der Waals surface area contributed by atoms with Gasteiger partial charge in [-0.2, -0.15) is 5.10 Å². The minimum absolute atomic E-state index is 0.496. The van der Waals surface area contributed by atoms with Gasteiger partial charge >= 0.3 is 0 Å². The molecule has 92 valence electrons. The van der Waals surface area contributed by atoms with Crippen LogP contribution in [0.5, 0.6) is 0 Å². The molecule has 0 radical (unpaired) electrons. The quantitative estimate of drug-likeness (QED) is 0.675. The number of hydrogen-bond acceptors (Lipinski definition) is 3. The van der Waals surface area contributed by atoms with Gasteiger partial charge in [0.25, 0.3) is 0 Å². The highest BCUT2D eigenvalue weighted by atomic mass is 35.5. The van der Waals surface area contributed by atoms with Gasteiger partial charge in [-0.25, -0.2) is 0 Å². The number of hydrogen-bond donors (Lipinski definition) is 1. The molecule has 2 aromatic rings. The van der Waals surface area contributed by atoms with E-state index in [1.54, 1.807) is 24.5 Å². The summed E-state index contributed by atoms with van der Waals surface area (Å²) in [6.45, 7) is 1.90. The summed E-state index contributed by atoms with van der Waals surface area (Å²) >= 11 is 11.8. The Kier molecular flexibility index (Phi) is 4.18. The third-order valence-electron chi connectivity index (χ3n) is 2.35. The molecule has 0 bridgehead atoms. The van der Waals surface area contributed by atoms with Gasteiger partial charge in [-0.05, 0) is 31.2 Å². The van der Waals surface area contributed by atoms with Crippen LogP contribution >= 0.6 is 23.2 Å². The van der Waals surface area contributed by atoms with Crippen molar-refractivity contribution in [3.05, 3.63) is 58.3 Å². The van der Waals surface area contributed by atoms with Crippen LogP contribution in [0.4, 0.5) is 5.69 Å². The van der Waals surface area contributed by atoms with Gasteiger partial charge in [0.05, 0.1) is 21.4 Å². The van der Waals surface area contributed by atoms with E-state index in [1.807, 2.05) is 25.1 Å². The van der Waals surface area contributed by atoms with Crippen LogP contribution < -0.4 is 5.43 Å². The standard InChI is InChI=1S/C13H11Cl2N3/c1-9(10-3-2-6-16-8-10)17-18-11-4-5-12(14)13(15)7-11/h2-8,18H,1H3. The van der Waals surface area contributed by atoms with E-state index >= 15 is 0 Å². The number of rotatable bonds is 3. The molecular weight excluding hydrogens is 269 g/mol. The predicted molar refractivity (Wildman–Crippen MR) is 76.5 cm³/mol. The molecule has 0 saturated heterocycles. The van der Waals surface area contributed by atoms with E-state index in [2.05, 4.69) is 15.5 Å². The Morgan fingerprint density at radius 2 is 2.06 bits per heavy atom. The molecule has 0 aliphatic heterocycles. The fourth-order valence-electron chi connectivity index (χ4n) is 1.36. The summed E-state index contributed by atoms with van der Waals surface area (Å²) in [5.41, 5.74) is 5.52. The molecule has 0 spiro atoms. The van der Waals surface area contributed by atoms with Crippen LogP contribution in [0.2, 0.25) is 10.0 Å².